The van der Waals surface area contributed by atoms with Crippen molar-refractivity contribution in [1.29, 1.82) is 0 Å². The highest BCUT2D eigenvalue weighted by Gasteiger charge is 2.22. The van der Waals surface area contributed by atoms with Crippen molar-refractivity contribution in [2.45, 2.75) is 72.0 Å². The smallest absolute Gasteiger partial charge is 0.0669 e. The van der Waals surface area contributed by atoms with E-state index in [1.807, 2.05) is 11.8 Å². The molecule has 0 spiro atoms. The molecule has 1 aliphatic rings. The first kappa shape index (κ1) is 15.9. The van der Waals surface area contributed by atoms with Crippen LogP contribution in [0.25, 0.3) is 0 Å². The van der Waals surface area contributed by atoms with Crippen LogP contribution in [0.2, 0.25) is 0 Å². The van der Waals surface area contributed by atoms with E-state index in [-0.39, 0.29) is 0 Å². The summed E-state index contributed by atoms with van der Waals surface area (Å²) < 4.78 is 2.28. The predicted molar refractivity (Wildman–Crippen MR) is 88.5 cm³/mol. The van der Waals surface area contributed by atoms with Crippen LogP contribution in [0, 0.1) is 0 Å². The van der Waals surface area contributed by atoms with Gasteiger partial charge < -0.3 is 5.32 Å². The molecule has 1 fully saturated rings. The van der Waals surface area contributed by atoms with Gasteiger partial charge in [-0.1, -0.05) is 20.8 Å². The fraction of sp³-hybridized carbons (Fsp3) is 0.812. The second-order valence-electron chi connectivity index (χ2n) is 5.51. The third-order valence-corrected chi connectivity index (χ3v) is 4.91. The zero-order chi connectivity index (χ0) is 14.4. The Bertz CT molecular complexity index is 410. The summed E-state index contributed by atoms with van der Waals surface area (Å²) in [5.41, 5.74) is 4.24. The molecule has 1 aromatic rings. The fourth-order valence-corrected chi connectivity index (χ4v) is 3.27. The van der Waals surface area contributed by atoms with Gasteiger partial charge in [0, 0.05) is 30.4 Å². The van der Waals surface area contributed by atoms with Crippen LogP contribution in [0.5, 0.6) is 0 Å². The SMILES string of the molecule is CCSCCCn1nc(CC)c(CNC2CC2)c1CC. The molecule has 0 amide bonds. The molecule has 1 N–H and O–H groups in total. The van der Waals surface area contributed by atoms with Gasteiger partial charge in [-0.3, -0.25) is 4.68 Å². The van der Waals surface area contributed by atoms with Gasteiger partial charge in [-0.2, -0.15) is 16.9 Å². The van der Waals surface area contributed by atoms with Crippen molar-refractivity contribution < 1.29 is 0 Å². The van der Waals surface area contributed by atoms with Gasteiger partial charge in [0.1, 0.15) is 0 Å². The highest BCUT2D eigenvalue weighted by atomic mass is 32.2. The Morgan fingerprint density at radius 3 is 2.65 bits per heavy atom. The zero-order valence-corrected chi connectivity index (χ0v) is 14.1. The van der Waals surface area contributed by atoms with E-state index in [1.54, 1.807) is 0 Å². The first-order valence-electron chi connectivity index (χ1n) is 8.18. The summed E-state index contributed by atoms with van der Waals surface area (Å²) in [6.45, 7) is 8.80. The molecule has 1 aliphatic carbocycles. The Hall–Kier alpha value is -0.480. The Labute approximate surface area is 127 Å². The third kappa shape index (κ3) is 4.26. The van der Waals surface area contributed by atoms with Gasteiger partial charge in [0.15, 0.2) is 0 Å². The maximum atomic E-state index is 4.86. The van der Waals surface area contributed by atoms with Crippen LogP contribution in [0.4, 0.5) is 0 Å². The molecule has 0 aromatic carbocycles. The van der Waals surface area contributed by atoms with E-state index in [1.165, 1.54) is 47.7 Å². The van der Waals surface area contributed by atoms with E-state index < -0.39 is 0 Å². The lowest BCUT2D eigenvalue weighted by Crippen LogP contribution is -2.17. The van der Waals surface area contributed by atoms with Crippen LogP contribution < -0.4 is 5.32 Å². The van der Waals surface area contributed by atoms with Gasteiger partial charge in [0.2, 0.25) is 0 Å². The fourth-order valence-electron chi connectivity index (χ4n) is 2.65. The molecule has 2 rings (SSSR count). The third-order valence-electron chi connectivity index (χ3n) is 3.93. The van der Waals surface area contributed by atoms with Crippen molar-refractivity contribution >= 4 is 11.8 Å². The van der Waals surface area contributed by atoms with E-state index in [2.05, 4.69) is 30.8 Å². The first-order chi connectivity index (χ1) is 9.80. The van der Waals surface area contributed by atoms with Crippen molar-refractivity contribution in [3.05, 3.63) is 17.0 Å². The number of nitrogens with zero attached hydrogens (tertiary/aromatic N) is 2. The lowest BCUT2D eigenvalue weighted by atomic mass is 10.1. The number of hydrogen-bond acceptors (Lipinski definition) is 3. The highest BCUT2D eigenvalue weighted by Crippen LogP contribution is 2.22. The molecule has 114 valence electrons. The molecule has 3 nitrogen and oxygen atoms in total. The summed E-state index contributed by atoms with van der Waals surface area (Å²) in [4.78, 5) is 0. The van der Waals surface area contributed by atoms with E-state index >= 15 is 0 Å². The van der Waals surface area contributed by atoms with Crippen molar-refractivity contribution in [2.24, 2.45) is 0 Å². The maximum absolute atomic E-state index is 4.86. The minimum atomic E-state index is 0.772. The molecule has 4 heteroatoms. The van der Waals surface area contributed by atoms with Crippen molar-refractivity contribution in [2.75, 3.05) is 11.5 Å². The maximum Gasteiger partial charge on any atom is 0.0669 e. The summed E-state index contributed by atoms with van der Waals surface area (Å²) in [6.07, 6.45) is 6.07. The Kier molecular flexibility index (Phi) is 6.43. The Morgan fingerprint density at radius 1 is 1.25 bits per heavy atom. The molecule has 1 saturated carbocycles. The van der Waals surface area contributed by atoms with Crippen LogP contribution in [0.3, 0.4) is 0 Å². The van der Waals surface area contributed by atoms with Gasteiger partial charge in [0.25, 0.3) is 0 Å². The number of aromatic nitrogens is 2. The minimum absolute atomic E-state index is 0.772. The molecular weight excluding hydrogens is 266 g/mol. The summed E-state index contributed by atoms with van der Waals surface area (Å²) >= 11 is 2.03. The van der Waals surface area contributed by atoms with Crippen molar-refractivity contribution in [1.82, 2.24) is 15.1 Å². The number of nitrogens with one attached hydrogen (secondary N) is 1. The van der Waals surface area contributed by atoms with Crippen LogP contribution in [0.1, 0.15) is 57.0 Å². The molecule has 0 unspecified atom stereocenters. The summed E-state index contributed by atoms with van der Waals surface area (Å²) in [5.74, 6) is 2.47. The van der Waals surface area contributed by atoms with Gasteiger partial charge in [-0.15, -0.1) is 0 Å². The second-order valence-corrected chi connectivity index (χ2v) is 6.90. The van der Waals surface area contributed by atoms with Gasteiger partial charge in [-0.25, -0.2) is 0 Å². The van der Waals surface area contributed by atoms with Gasteiger partial charge >= 0.3 is 0 Å². The standard InChI is InChI=1S/C16H29N3S/c1-4-15-14(12-17-13-8-9-13)16(5-2)19(18-15)10-7-11-20-6-3/h13,17H,4-12H2,1-3H3. The summed E-state index contributed by atoms with van der Waals surface area (Å²) in [7, 11) is 0. The quantitative estimate of drug-likeness (QED) is 0.671. The molecule has 1 aromatic heterocycles. The number of aryl methyl sites for hydroxylation is 2. The first-order valence-corrected chi connectivity index (χ1v) is 9.34. The predicted octanol–water partition coefficient (Wildman–Crippen LogP) is 3.40. The number of hydrogen-bond donors (Lipinski definition) is 1. The van der Waals surface area contributed by atoms with Crippen molar-refractivity contribution in [3.8, 4) is 0 Å². The van der Waals surface area contributed by atoms with Gasteiger partial charge in [-0.05, 0) is 43.6 Å². The van der Waals surface area contributed by atoms with Crippen LogP contribution in [0.15, 0.2) is 0 Å². The summed E-state index contributed by atoms with van der Waals surface area (Å²) in [6, 6.07) is 0.772. The Morgan fingerprint density at radius 2 is 2.05 bits per heavy atom. The average Bonchev–Trinajstić information content (AvgIpc) is 3.23. The minimum Gasteiger partial charge on any atom is -0.310 e. The molecule has 20 heavy (non-hydrogen) atoms. The van der Waals surface area contributed by atoms with E-state index in [0.29, 0.717) is 0 Å². The summed E-state index contributed by atoms with van der Waals surface area (Å²) in [5, 5.41) is 8.52. The van der Waals surface area contributed by atoms with Gasteiger partial charge in [0.05, 0.1) is 5.69 Å². The molecule has 0 radical (unpaired) electrons. The lowest BCUT2D eigenvalue weighted by molar-refractivity contribution is 0.572. The van der Waals surface area contributed by atoms with E-state index in [0.717, 1.165) is 32.0 Å². The molecule has 1 heterocycles. The number of rotatable bonds is 10. The van der Waals surface area contributed by atoms with Crippen LogP contribution in [-0.2, 0) is 25.9 Å². The topological polar surface area (TPSA) is 29.9 Å². The largest absolute Gasteiger partial charge is 0.310 e. The van der Waals surface area contributed by atoms with E-state index in [9.17, 15) is 0 Å². The highest BCUT2D eigenvalue weighted by molar-refractivity contribution is 7.99. The van der Waals surface area contributed by atoms with E-state index in [4.69, 9.17) is 5.10 Å². The molecule has 0 saturated heterocycles. The molecule has 0 aliphatic heterocycles. The van der Waals surface area contributed by atoms with Crippen LogP contribution in [-0.4, -0.2) is 27.3 Å². The molecular formula is C16H29N3S. The average molecular weight is 295 g/mol. The monoisotopic (exact) mass is 295 g/mol. The Balaban J connectivity index is 2.01. The second kappa shape index (κ2) is 8.08. The van der Waals surface area contributed by atoms with Crippen LogP contribution >= 0.6 is 11.8 Å². The molecule has 0 atom stereocenters. The normalized spacial score (nSPS) is 14.9. The lowest BCUT2D eigenvalue weighted by Gasteiger charge is -2.08. The molecule has 0 bridgehead atoms. The number of thioether (sulfide) groups is 1. The van der Waals surface area contributed by atoms with Crippen molar-refractivity contribution in [3.63, 3.8) is 0 Å². The zero-order valence-electron chi connectivity index (χ0n) is 13.2.